The van der Waals surface area contributed by atoms with E-state index in [1.807, 2.05) is 0 Å². The predicted octanol–water partition coefficient (Wildman–Crippen LogP) is 1.61. The number of hydrogen-bond donors (Lipinski definition) is 2. The second kappa shape index (κ2) is 8.90. The highest BCUT2D eigenvalue weighted by Crippen LogP contribution is 2.36. The van der Waals surface area contributed by atoms with Crippen molar-refractivity contribution in [3.63, 3.8) is 0 Å². The first-order valence-electron chi connectivity index (χ1n) is 7.82. The van der Waals surface area contributed by atoms with Gasteiger partial charge in [-0.1, -0.05) is 26.7 Å². The van der Waals surface area contributed by atoms with Gasteiger partial charge in [-0.05, 0) is 31.7 Å². The standard InChI is InChI=1S/C15H32N2O2/c1-3-7-17(8-10-19-11-9-18)15(13-16)6-4-5-14(2)12-15/h14,18H,3-13,16H2,1-2H3. The summed E-state index contributed by atoms with van der Waals surface area (Å²) in [6, 6.07) is 0. The lowest BCUT2D eigenvalue weighted by molar-refractivity contribution is 0.00622. The molecule has 3 N–H and O–H groups in total. The molecule has 1 aliphatic rings. The summed E-state index contributed by atoms with van der Waals surface area (Å²) in [5.41, 5.74) is 6.32. The number of nitrogens with two attached hydrogens (primary N) is 1. The molecule has 2 unspecified atom stereocenters. The van der Waals surface area contributed by atoms with Gasteiger partial charge in [-0.3, -0.25) is 4.90 Å². The van der Waals surface area contributed by atoms with Crippen molar-refractivity contribution < 1.29 is 9.84 Å². The highest BCUT2D eigenvalue weighted by Gasteiger charge is 2.38. The van der Waals surface area contributed by atoms with Gasteiger partial charge in [0, 0.05) is 18.6 Å². The highest BCUT2D eigenvalue weighted by molar-refractivity contribution is 4.95. The Bertz CT molecular complexity index is 238. The first-order valence-corrected chi connectivity index (χ1v) is 7.82. The van der Waals surface area contributed by atoms with Gasteiger partial charge in [-0.15, -0.1) is 0 Å². The Kier molecular flexibility index (Phi) is 7.91. The van der Waals surface area contributed by atoms with Crippen LogP contribution in [0.25, 0.3) is 0 Å². The summed E-state index contributed by atoms with van der Waals surface area (Å²) in [5.74, 6) is 0.773. The lowest BCUT2D eigenvalue weighted by Gasteiger charge is -2.48. The third-order valence-corrected chi connectivity index (χ3v) is 4.35. The maximum absolute atomic E-state index is 8.76. The minimum Gasteiger partial charge on any atom is -0.394 e. The minimum atomic E-state index is 0.104. The summed E-state index contributed by atoms with van der Waals surface area (Å²) in [4.78, 5) is 2.54. The van der Waals surface area contributed by atoms with Gasteiger partial charge in [-0.25, -0.2) is 0 Å². The van der Waals surface area contributed by atoms with Gasteiger partial charge in [0.15, 0.2) is 0 Å². The van der Waals surface area contributed by atoms with Crippen LogP contribution in [0.4, 0.5) is 0 Å². The molecule has 2 atom stereocenters. The summed E-state index contributed by atoms with van der Waals surface area (Å²) in [5, 5.41) is 8.76. The molecule has 1 fully saturated rings. The molecular formula is C15H32N2O2. The van der Waals surface area contributed by atoms with Crippen LogP contribution in [0, 0.1) is 5.92 Å². The van der Waals surface area contributed by atoms with E-state index in [9.17, 15) is 0 Å². The molecule has 4 nitrogen and oxygen atoms in total. The summed E-state index contributed by atoms with van der Waals surface area (Å²) in [6.07, 6.45) is 6.20. The zero-order valence-corrected chi connectivity index (χ0v) is 12.7. The molecule has 0 heterocycles. The molecule has 1 aliphatic carbocycles. The maximum Gasteiger partial charge on any atom is 0.0698 e. The molecule has 0 bridgehead atoms. The SMILES string of the molecule is CCCN(CCOCCO)C1(CN)CCCC(C)C1. The van der Waals surface area contributed by atoms with Crippen LogP contribution in [0.2, 0.25) is 0 Å². The fraction of sp³-hybridized carbons (Fsp3) is 1.00. The molecule has 19 heavy (non-hydrogen) atoms. The van der Waals surface area contributed by atoms with E-state index in [1.54, 1.807) is 0 Å². The van der Waals surface area contributed by atoms with Gasteiger partial charge in [0.2, 0.25) is 0 Å². The van der Waals surface area contributed by atoms with Crippen LogP contribution in [0.3, 0.4) is 0 Å². The van der Waals surface area contributed by atoms with Crippen molar-refractivity contribution in [3.05, 3.63) is 0 Å². The Labute approximate surface area is 118 Å². The third kappa shape index (κ3) is 5.03. The molecule has 0 aromatic rings. The van der Waals surface area contributed by atoms with E-state index in [0.29, 0.717) is 13.2 Å². The first-order chi connectivity index (χ1) is 9.18. The molecule has 0 spiro atoms. The van der Waals surface area contributed by atoms with Gasteiger partial charge in [0.25, 0.3) is 0 Å². The fourth-order valence-corrected chi connectivity index (χ4v) is 3.43. The second-order valence-electron chi connectivity index (χ2n) is 5.95. The number of ether oxygens (including phenoxy) is 1. The topological polar surface area (TPSA) is 58.7 Å². The van der Waals surface area contributed by atoms with Crippen LogP contribution >= 0.6 is 0 Å². The normalized spacial score (nSPS) is 27.9. The monoisotopic (exact) mass is 272 g/mol. The van der Waals surface area contributed by atoms with E-state index in [4.69, 9.17) is 15.6 Å². The van der Waals surface area contributed by atoms with Crippen molar-refractivity contribution in [2.24, 2.45) is 11.7 Å². The highest BCUT2D eigenvalue weighted by atomic mass is 16.5. The summed E-state index contributed by atoms with van der Waals surface area (Å²) in [6.45, 7) is 8.56. The van der Waals surface area contributed by atoms with E-state index in [0.717, 1.165) is 32.0 Å². The van der Waals surface area contributed by atoms with E-state index in [2.05, 4.69) is 18.7 Å². The Morgan fingerprint density at radius 2 is 2.16 bits per heavy atom. The van der Waals surface area contributed by atoms with Crippen molar-refractivity contribution in [2.75, 3.05) is 39.5 Å². The number of hydrogen-bond acceptors (Lipinski definition) is 4. The molecule has 0 aromatic carbocycles. The molecule has 0 amide bonds. The first kappa shape index (κ1) is 16.9. The Hall–Kier alpha value is -0.160. The summed E-state index contributed by atoms with van der Waals surface area (Å²) in [7, 11) is 0. The number of nitrogens with zero attached hydrogens (tertiary/aromatic N) is 1. The van der Waals surface area contributed by atoms with Gasteiger partial charge >= 0.3 is 0 Å². The molecule has 1 saturated carbocycles. The molecule has 114 valence electrons. The largest absolute Gasteiger partial charge is 0.394 e. The van der Waals surface area contributed by atoms with Crippen molar-refractivity contribution in [1.82, 2.24) is 4.90 Å². The van der Waals surface area contributed by atoms with Crippen LogP contribution in [0.15, 0.2) is 0 Å². The van der Waals surface area contributed by atoms with E-state index >= 15 is 0 Å². The van der Waals surface area contributed by atoms with E-state index < -0.39 is 0 Å². The molecule has 0 radical (unpaired) electrons. The smallest absolute Gasteiger partial charge is 0.0698 e. The Balaban J connectivity index is 2.59. The zero-order chi connectivity index (χ0) is 14.1. The van der Waals surface area contributed by atoms with Gasteiger partial charge in [-0.2, -0.15) is 0 Å². The summed E-state index contributed by atoms with van der Waals surface area (Å²) >= 11 is 0. The number of aliphatic hydroxyl groups is 1. The van der Waals surface area contributed by atoms with Crippen LogP contribution < -0.4 is 5.73 Å². The van der Waals surface area contributed by atoms with Gasteiger partial charge in [0.1, 0.15) is 0 Å². The van der Waals surface area contributed by atoms with Crippen LogP contribution in [-0.4, -0.2) is 55.0 Å². The predicted molar refractivity (Wildman–Crippen MR) is 79.2 cm³/mol. The van der Waals surface area contributed by atoms with Crippen LogP contribution in [0.5, 0.6) is 0 Å². The summed E-state index contributed by atoms with van der Waals surface area (Å²) < 4.78 is 5.43. The van der Waals surface area contributed by atoms with Gasteiger partial charge < -0.3 is 15.6 Å². The van der Waals surface area contributed by atoms with Crippen molar-refractivity contribution in [3.8, 4) is 0 Å². The van der Waals surface area contributed by atoms with Gasteiger partial charge in [0.05, 0.1) is 19.8 Å². The molecule has 0 saturated heterocycles. The molecular weight excluding hydrogens is 240 g/mol. The lowest BCUT2D eigenvalue weighted by atomic mass is 9.75. The molecule has 0 aromatic heterocycles. The lowest BCUT2D eigenvalue weighted by Crippen LogP contribution is -2.57. The average molecular weight is 272 g/mol. The van der Waals surface area contributed by atoms with Crippen LogP contribution in [0.1, 0.15) is 46.0 Å². The van der Waals surface area contributed by atoms with Crippen molar-refractivity contribution >= 4 is 0 Å². The molecule has 0 aliphatic heterocycles. The van der Waals surface area contributed by atoms with E-state index in [1.165, 1.54) is 25.7 Å². The number of rotatable bonds is 9. The van der Waals surface area contributed by atoms with Crippen LogP contribution in [-0.2, 0) is 4.74 Å². The third-order valence-electron chi connectivity index (χ3n) is 4.35. The van der Waals surface area contributed by atoms with Crippen molar-refractivity contribution in [2.45, 2.75) is 51.5 Å². The maximum atomic E-state index is 8.76. The second-order valence-corrected chi connectivity index (χ2v) is 5.95. The van der Waals surface area contributed by atoms with Crippen molar-refractivity contribution in [1.29, 1.82) is 0 Å². The van der Waals surface area contributed by atoms with E-state index in [-0.39, 0.29) is 12.1 Å². The quantitative estimate of drug-likeness (QED) is 0.626. The average Bonchev–Trinajstić information content (AvgIpc) is 2.42. The minimum absolute atomic E-state index is 0.104. The zero-order valence-electron chi connectivity index (χ0n) is 12.7. The fourth-order valence-electron chi connectivity index (χ4n) is 3.43. The Morgan fingerprint density at radius 3 is 2.74 bits per heavy atom. The Morgan fingerprint density at radius 1 is 1.37 bits per heavy atom. The molecule has 4 heteroatoms. The number of aliphatic hydroxyl groups excluding tert-OH is 1. The molecule has 1 rings (SSSR count).